The monoisotopic (exact) mass is 309 g/mol. The van der Waals surface area contributed by atoms with E-state index in [1.54, 1.807) is 0 Å². The van der Waals surface area contributed by atoms with Crippen LogP contribution in [0.2, 0.25) is 5.02 Å². The molecule has 0 fully saturated rings. The van der Waals surface area contributed by atoms with Crippen LogP contribution in [0.25, 0.3) is 0 Å². The second-order valence-electron chi connectivity index (χ2n) is 3.83. The molecule has 0 radical (unpaired) electrons. The Morgan fingerprint density at radius 1 is 1.06 bits per heavy atom. The van der Waals surface area contributed by atoms with E-state index in [0.717, 1.165) is 9.50 Å². The summed E-state index contributed by atoms with van der Waals surface area (Å²) in [6.45, 7) is 0. The van der Waals surface area contributed by atoms with Crippen LogP contribution in [0.15, 0.2) is 53.0 Å². The lowest BCUT2D eigenvalue weighted by molar-refractivity contribution is 0.692. The first-order chi connectivity index (χ1) is 8.20. The van der Waals surface area contributed by atoms with Gasteiger partial charge in [0, 0.05) is 9.50 Å². The van der Waals surface area contributed by atoms with Crippen LogP contribution in [0.3, 0.4) is 0 Å². The first-order valence-corrected chi connectivity index (χ1v) is 6.56. The number of benzene rings is 2. The molecule has 17 heavy (non-hydrogen) atoms. The molecule has 1 unspecified atom stereocenters. The topological polar surface area (TPSA) is 12.0 Å². The highest BCUT2D eigenvalue weighted by molar-refractivity contribution is 9.10. The summed E-state index contributed by atoms with van der Waals surface area (Å²) in [4.78, 5) is 0. The van der Waals surface area contributed by atoms with Crippen LogP contribution in [0.1, 0.15) is 17.2 Å². The van der Waals surface area contributed by atoms with Crippen LogP contribution in [0.4, 0.5) is 0 Å². The van der Waals surface area contributed by atoms with Gasteiger partial charge in [0.25, 0.3) is 0 Å². The molecule has 0 saturated carbocycles. The summed E-state index contributed by atoms with van der Waals surface area (Å²) in [5, 5.41) is 4.07. The summed E-state index contributed by atoms with van der Waals surface area (Å²) in [5.41, 5.74) is 2.39. The lowest BCUT2D eigenvalue weighted by atomic mass is 9.99. The minimum absolute atomic E-state index is 0.168. The molecule has 0 aliphatic carbocycles. The van der Waals surface area contributed by atoms with Crippen LogP contribution in [0.5, 0.6) is 0 Å². The number of rotatable bonds is 3. The van der Waals surface area contributed by atoms with Gasteiger partial charge in [-0.1, -0.05) is 51.8 Å². The molecule has 0 bridgehead atoms. The van der Waals surface area contributed by atoms with Gasteiger partial charge in [-0.25, -0.2) is 0 Å². The lowest BCUT2D eigenvalue weighted by Gasteiger charge is -2.17. The molecular weight excluding hydrogens is 298 g/mol. The minimum Gasteiger partial charge on any atom is -0.309 e. The van der Waals surface area contributed by atoms with Crippen molar-refractivity contribution < 1.29 is 0 Å². The summed E-state index contributed by atoms with van der Waals surface area (Å²) >= 11 is 9.47. The molecule has 1 atom stereocenters. The van der Waals surface area contributed by atoms with Crippen LogP contribution in [0, 0.1) is 0 Å². The van der Waals surface area contributed by atoms with Gasteiger partial charge in [-0.3, -0.25) is 0 Å². The fourth-order valence-corrected chi connectivity index (χ4v) is 2.33. The number of hydrogen-bond acceptors (Lipinski definition) is 1. The first kappa shape index (κ1) is 12.6. The smallest absolute Gasteiger partial charge is 0.0574 e. The average Bonchev–Trinajstić information content (AvgIpc) is 2.33. The SMILES string of the molecule is CNC(c1ccc(Br)cc1)c1cccc(Cl)c1. The van der Waals surface area contributed by atoms with Crippen molar-refractivity contribution in [2.45, 2.75) is 6.04 Å². The summed E-state index contributed by atoms with van der Waals surface area (Å²) in [6, 6.07) is 16.4. The second-order valence-corrected chi connectivity index (χ2v) is 5.18. The third kappa shape index (κ3) is 3.09. The molecule has 2 aromatic rings. The third-order valence-electron chi connectivity index (χ3n) is 2.67. The minimum atomic E-state index is 0.168. The van der Waals surface area contributed by atoms with Crippen molar-refractivity contribution in [2.75, 3.05) is 7.05 Å². The maximum atomic E-state index is 6.02. The summed E-state index contributed by atoms with van der Waals surface area (Å²) in [7, 11) is 1.95. The van der Waals surface area contributed by atoms with Gasteiger partial charge in [0.15, 0.2) is 0 Å². The predicted molar refractivity (Wildman–Crippen MR) is 76.5 cm³/mol. The van der Waals surface area contributed by atoms with Crippen molar-refractivity contribution in [1.82, 2.24) is 5.32 Å². The van der Waals surface area contributed by atoms with E-state index >= 15 is 0 Å². The Hall–Kier alpha value is -0.830. The predicted octanol–water partition coefficient (Wildman–Crippen LogP) is 4.41. The molecule has 0 amide bonds. The third-order valence-corrected chi connectivity index (χ3v) is 3.44. The van der Waals surface area contributed by atoms with Gasteiger partial charge in [0.05, 0.1) is 6.04 Å². The zero-order chi connectivity index (χ0) is 12.3. The van der Waals surface area contributed by atoms with Gasteiger partial charge in [-0.05, 0) is 42.4 Å². The Balaban J connectivity index is 2.36. The van der Waals surface area contributed by atoms with Crippen molar-refractivity contribution in [2.24, 2.45) is 0 Å². The highest BCUT2D eigenvalue weighted by Crippen LogP contribution is 2.25. The van der Waals surface area contributed by atoms with Gasteiger partial charge in [0.2, 0.25) is 0 Å². The van der Waals surface area contributed by atoms with Gasteiger partial charge < -0.3 is 5.32 Å². The summed E-state index contributed by atoms with van der Waals surface area (Å²) in [6.07, 6.45) is 0. The van der Waals surface area contributed by atoms with E-state index in [2.05, 4.69) is 39.4 Å². The number of halogens is 2. The maximum absolute atomic E-state index is 6.02. The Labute approximate surface area is 115 Å². The molecule has 3 heteroatoms. The van der Waals surface area contributed by atoms with E-state index in [0.29, 0.717) is 0 Å². The van der Waals surface area contributed by atoms with E-state index in [4.69, 9.17) is 11.6 Å². The molecule has 88 valence electrons. The molecule has 1 nitrogen and oxygen atoms in total. The zero-order valence-corrected chi connectivity index (χ0v) is 11.8. The van der Waals surface area contributed by atoms with Crippen molar-refractivity contribution in [3.63, 3.8) is 0 Å². The standard InChI is InChI=1S/C14H13BrClN/c1-17-14(10-5-7-12(15)8-6-10)11-3-2-4-13(16)9-11/h2-9,14,17H,1H3. The Morgan fingerprint density at radius 3 is 2.35 bits per heavy atom. The summed E-state index contributed by atoms with van der Waals surface area (Å²) < 4.78 is 1.09. The Bertz CT molecular complexity index is 496. The van der Waals surface area contributed by atoms with E-state index in [1.165, 1.54) is 11.1 Å². The van der Waals surface area contributed by atoms with Crippen molar-refractivity contribution in [1.29, 1.82) is 0 Å². The van der Waals surface area contributed by atoms with Crippen molar-refractivity contribution in [3.8, 4) is 0 Å². The molecule has 0 heterocycles. The summed E-state index contributed by atoms with van der Waals surface area (Å²) in [5.74, 6) is 0. The molecular formula is C14H13BrClN. The molecule has 0 spiro atoms. The average molecular weight is 311 g/mol. The maximum Gasteiger partial charge on any atom is 0.0574 e. The van der Waals surface area contributed by atoms with Gasteiger partial charge in [-0.15, -0.1) is 0 Å². The lowest BCUT2D eigenvalue weighted by Crippen LogP contribution is -2.17. The number of hydrogen-bond donors (Lipinski definition) is 1. The zero-order valence-electron chi connectivity index (χ0n) is 9.45. The molecule has 0 aromatic heterocycles. The first-order valence-electron chi connectivity index (χ1n) is 5.39. The van der Waals surface area contributed by atoms with Gasteiger partial charge in [0.1, 0.15) is 0 Å². The van der Waals surface area contributed by atoms with E-state index in [-0.39, 0.29) is 6.04 Å². The molecule has 0 aliphatic rings. The normalized spacial score (nSPS) is 12.4. The molecule has 0 aliphatic heterocycles. The molecule has 2 rings (SSSR count). The fourth-order valence-electron chi connectivity index (χ4n) is 1.87. The molecule has 1 N–H and O–H groups in total. The highest BCUT2D eigenvalue weighted by atomic mass is 79.9. The van der Waals surface area contributed by atoms with Gasteiger partial charge in [-0.2, -0.15) is 0 Å². The molecule has 0 saturated heterocycles. The van der Waals surface area contributed by atoms with Crippen LogP contribution < -0.4 is 5.32 Å². The molecule has 2 aromatic carbocycles. The number of nitrogens with one attached hydrogen (secondary N) is 1. The van der Waals surface area contributed by atoms with Gasteiger partial charge >= 0.3 is 0 Å². The Morgan fingerprint density at radius 2 is 1.76 bits per heavy atom. The van der Waals surface area contributed by atoms with Crippen molar-refractivity contribution >= 4 is 27.5 Å². The van der Waals surface area contributed by atoms with Crippen LogP contribution in [-0.4, -0.2) is 7.05 Å². The van der Waals surface area contributed by atoms with E-state index < -0.39 is 0 Å². The van der Waals surface area contributed by atoms with Crippen LogP contribution in [-0.2, 0) is 0 Å². The highest BCUT2D eigenvalue weighted by Gasteiger charge is 2.11. The Kier molecular flexibility index (Phi) is 4.21. The van der Waals surface area contributed by atoms with E-state index in [9.17, 15) is 0 Å². The van der Waals surface area contributed by atoms with Crippen LogP contribution >= 0.6 is 27.5 Å². The van der Waals surface area contributed by atoms with E-state index in [1.807, 2.05) is 37.4 Å². The largest absolute Gasteiger partial charge is 0.309 e. The van der Waals surface area contributed by atoms with Crippen molar-refractivity contribution in [3.05, 3.63) is 69.2 Å². The second kappa shape index (κ2) is 5.67. The quantitative estimate of drug-likeness (QED) is 0.885. The fraction of sp³-hybridized carbons (Fsp3) is 0.143.